The van der Waals surface area contributed by atoms with Crippen LogP contribution in [0.15, 0.2) is 41.8 Å². The Hall–Kier alpha value is -1.79. The van der Waals surface area contributed by atoms with E-state index in [1.807, 2.05) is 42.1 Å². The number of rotatable bonds is 7. The summed E-state index contributed by atoms with van der Waals surface area (Å²) < 4.78 is 1.95. The largest absolute Gasteiger partial charge is 0.396 e. The lowest BCUT2D eigenvalue weighted by Crippen LogP contribution is -2.32. The third kappa shape index (κ3) is 4.11. The highest BCUT2D eigenvalue weighted by atomic mass is 32.2. The number of aromatic nitrogens is 2. The lowest BCUT2D eigenvalue weighted by atomic mass is 10.1. The van der Waals surface area contributed by atoms with E-state index in [9.17, 15) is 4.79 Å². The fourth-order valence-electron chi connectivity index (χ4n) is 2.21. The number of thioether (sulfide) groups is 1. The number of hydrogen-bond donors (Lipinski definition) is 2. The molecule has 1 unspecified atom stereocenters. The van der Waals surface area contributed by atoms with E-state index in [1.165, 1.54) is 0 Å². The van der Waals surface area contributed by atoms with Gasteiger partial charge >= 0.3 is 0 Å². The van der Waals surface area contributed by atoms with Gasteiger partial charge in [-0.05, 0) is 44.2 Å². The van der Waals surface area contributed by atoms with Gasteiger partial charge in [-0.15, -0.1) is 0 Å². The maximum absolute atomic E-state index is 12.3. The second-order valence-electron chi connectivity index (χ2n) is 5.07. The average Bonchev–Trinajstić information content (AvgIpc) is 3.01. The molecule has 0 aliphatic heterocycles. The van der Waals surface area contributed by atoms with Crippen LogP contribution in [0.3, 0.4) is 0 Å². The number of aliphatic hydroxyl groups is 1. The van der Waals surface area contributed by atoms with Crippen LogP contribution in [0.4, 0.5) is 0 Å². The van der Waals surface area contributed by atoms with E-state index in [-0.39, 0.29) is 18.6 Å². The minimum Gasteiger partial charge on any atom is -0.396 e. The Labute approximate surface area is 134 Å². The van der Waals surface area contributed by atoms with Gasteiger partial charge in [0, 0.05) is 36.3 Å². The van der Waals surface area contributed by atoms with Crippen molar-refractivity contribution in [3.8, 4) is 5.69 Å². The SMILES string of the molecule is CSc1nccn1-c1cccc(C(=O)NC(C)CCCO)c1. The first kappa shape index (κ1) is 16.6. The quantitative estimate of drug-likeness (QED) is 0.770. The number of aliphatic hydroxyl groups excluding tert-OH is 1. The number of nitrogens with zero attached hydrogens (tertiary/aromatic N) is 2. The number of carbonyl (C=O) groups is 1. The fourth-order valence-corrected chi connectivity index (χ4v) is 2.74. The molecule has 0 radical (unpaired) electrons. The molecule has 118 valence electrons. The number of benzene rings is 1. The Morgan fingerprint density at radius 3 is 3.05 bits per heavy atom. The predicted octanol–water partition coefficient (Wildman–Crippen LogP) is 2.49. The zero-order valence-corrected chi connectivity index (χ0v) is 13.6. The zero-order valence-electron chi connectivity index (χ0n) is 12.8. The molecule has 1 aromatic heterocycles. The molecule has 0 aliphatic carbocycles. The van der Waals surface area contributed by atoms with Gasteiger partial charge in [-0.25, -0.2) is 4.98 Å². The lowest BCUT2D eigenvalue weighted by molar-refractivity contribution is 0.0936. The van der Waals surface area contributed by atoms with Gasteiger partial charge in [0.15, 0.2) is 5.16 Å². The van der Waals surface area contributed by atoms with Gasteiger partial charge in [0.05, 0.1) is 0 Å². The van der Waals surface area contributed by atoms with Crippen LogP contribution in [-0.2, 0) is 0 Å². The molecule has 2 N–H and O–H groups in total. The molecule has 0 fully saturated rings. The predicted molar refractivity (Wildman–Crippen MR) is 88.6 cm³/mol. The van der Waals surface area contributed by atoms with Crippen LogP contribution in [0, 0.1) is 0 Å². The highest BCUT2D eigenvalue weighted by Gasteiger charge is 2.11. The summed E-state index contributed by atoms with van der Waals surface area (Å²) in [4.78, 5) is 16.6. The van der Waals surface area contributed by atoms with Gasteiger partial charge in [-0.3, -0.25) is 9.36 Å². The van der Waals surface area contributed by atoms with Gasteiger partial charge in [0.25, 0.3) is 5.91 Å². The van der Waals surface area contributed by atoms with Gasteiger partial charge in [-0.2, -0.15) is 0 Å². The van der Waals surface area contributed by atoms with Crippen LogP contribution in [0.25, 0.3) is 5.69 Å². The molecule has 22 heavy (non-hydrogen) atoms. The van der Waals surface area contributed by atoms with Crippen molar-refractivity contribution in [3.63, 3.8) is 0 Å². The third-order valence-electron chi connectivity index (χ3n) is 3.35. The molecule has 5 nitrogen and oxygen atoms in total. The van der Waals surface area contributed by atoms with Crippen molar-refractivity contribution in [2.24, 2.45) is 0 Å². The minimum atomic E-state index is -0.0990. The molecule has 1 atom stereocenters. The summed E-state index contributed by atoms with van der Waals surface area (Å²) in [5.41, 5.74) is 1.53. The van der Waals surface area contributed by atoms with Crippen molar-refractivity contribution in [2.45, 2.75) is 31.0 Å². The Balaban J connectivity index is 2.13. The van der Waals surface area contributed by atoms with Crippen molar-refractivity contribution >= 4 is 17.7 Å². The van der Waals surface area contributed by atoms with E-state index >= 15 is 0 Å². The molecule has 0 saturated heterocycles. The van der Waals surface area contributed by atoms with Gasteiger partial charge in [0.2, 0.25) is 0 Å². The Bertz CT molecular complexity index is 627. The Morgan fingerprint density at radius 1 is 1.50 bits per heavy atom. The van der Waals surface area contributed by atoms with Crippen LogP contribution in [0.2, 0.25) is 0 Å². The highest BCUT2D eigenvalue weighted by Crippen LogP contribution is 2.19. The fraction of sp³-hybridized carbons (Fsp3) is 0.375. The molecule has 1 aromatic carbocycles. The first-order chi connectivity index (χ1) is 10.7. The summed E-state index contributed by atoms with van der Waals surface area (Å²) >= 11 is 1.56. The number of nitrogens with one attached hydrogen (secondary N) is 1. The second-order valence-corrected chi connectivity index (χ2v) is 5.85. The van der Waals surface area contributed by atoms with Crippen molar-refractivity contribution in [1.29, 1.82) is 0 Å². The normalized spacial score (nSPS) is 12.1. The highest BCUT2D eigenvalue weighted by molar-refractivity contribution is 7.98. The molecule has 1 amide bonds. The number of hydrogen-bond acceptors (Lipinski definition) is 4. The van der Waals surface area contributed by atoms with Gasteiger partial charge in [0.1, 0.15) is 0 Å². The molecule has 1 heterocycles. The summed E-state index contributed by atoms with van der Waals surface area (Å²) in [6, 6.07) is 7.52. The first-order valence-electron chi connectivity index (χ1n) is 7.25. The molecular weight excluding hydrogens is 298 g/mol. The van der Waals surface area contributed by atoms with Crippen LogP contribution >= 0.6 is 11.8 Å². The van der Waals surface area contributed by atoms with Crippen LogP contribution in [-0.4, -0.2) is 39.5 Å². The molecule has 2 aromatic rings. The van der Waals surface area contributed by atoms with Crippen molar-refractivity contribution < 1.29 is 9.90 Å². The third-order valence-corrected chi connectivity index (χ3v) is 4.02. The molecule has 6 heteroatoms. The molecule has 0 saturated carbocycles. The van der Waals surface area contributed by atoms with Crippen molar-refractivity contribution in [1.82, 2.24) is 14.9 Å². The van der Waals surface area contributed by atoms with E-state index in [4.69, 9.17) is 5.11 Å². The topological polar surface area (TPSA) is 67.2 Å². The van der Waals surface area contributed by atoms with E-state index in [2.05, 4.69) is 10.3 Å². The van der Waals surface area contributed by atoms with Crippen molar-refractivity contribution in [3.05, 3.63) is 42.2 Å². The van der Waals surface area contributed by atoms with Crippen LogP contribution < -0.4 is 5.32 Å². The Morgan fingerprint density at radius 2 is 2.32 bits per heavy atom. The minimum absolute atomic E-state index is 0.0401. The molecule has 0 bridgehead atoms. The average molecular weight is 319 g/mol. The van der Waals surface area contributed by atoms with E-state index in [0.717, 1.165) is 17.3 Å². The maximum Gasteiger partial charge on any atom is 0.251 e. The summed E-state index contributed by atoms with van der Waals surface area (Å²) in [6.07, 6.45) is 7.05. The molecular formula is C16H21N3O2S. The molecule has 0 aliphatic rings. The van der Waals surface area contributed by atoms with Gasteiger partial charge in [-0.1, -0.05) is 17.8 Å². The van der Waals surface area contributed by atoms with Gasteiger partial charge < -0.3 is 10.4 Å². The lowest BCUT2D eigenvalue weighted by Gasteiger charge is -2.14. The van der Waals surface area contributed by atoms with Crippen LogP contribution in [0.1, 0.15) is 30.1 Å². The van der Waals surface area contributed by atoms with Crippen LogP contribution in [0.5, 0.6) is 0 Å². The molecule has 0 spiro atoms. The monoisotopic (exact) mass is 319 g/mol. The number of carbonyl (C=O) groups excluding carboxylic acids is 1. The standard InChI is InChI=1S/C16H21N3O2S/c1-12(5-4-10-20)18-15(21)13-6-3-7-14(11-13)19-9-8-17-16(19)22-2/h3,6-9,11-12,20H,4-5,10H2,1-2H3,(H,18,21). The summed E-state index contributed by atoms with van der Waals surface area (Å²) in [5, 5.41) is 12.7. The molecule has 2 rings (SSSR count). The number of amides is 1. The summed E-state index contributed by atoms with van der Waals surface area (Å²) in [5.74, 6) is -0.0990. The van der Waals surface area contributed by atoms with E-state index in [0.29, 0.717) is 12.0 Å². The zero-order chi connectivity index (χ0) is 15.9. The van der Waals surface area contributed by atoms with E-state index < -0.39 is 0 Å². The first-order valence-corrected chi connectivity index (χ1v) is 8.47. The Kier molecular flexibility index (Phi) is 6.03. The smallest absolute Gasteiger partial charge is 0.251 e. The van der Waals surface area contributed by atoms with E-state index in [1.54, 1.807) is 24.0 Å². The van der Waals surface area contributed by atoms with Crippen molar-refractivity contribution in [2.75, 3.05) is 12.9 Å². The number of imidazole rings is 1. The maximum atomic E-state index is 12.3. The second kappa shape index (κ2) is 8.00. The summed E-state index contributed by atoms with van der Waals surface area (Å²) in [6.45, 7) is 2.09. The summed E-state index contributed by atoms with van der Waals surface area (Å²) in [7, 11) is 0.